The van der Waals surface area contributed by atoms with E-state index in [1.807, 2.05) is 13.0 Å². The van der Waals surface area contributed by atoms with E-state index in [0.717, 1.165) is 12.7 Å². The molecule has 0 spiro atoms. The van der Waals surface area contributed by atoms with Gasteiger partial charge in [0, 0.05) is 17.0 Å². The van der Waals surface area contributed by atoms with Gasteiger partial charge in [-0.05, 0) is 69.3 Å². The van der Waals surface area contributed by atoms with Gasteiger partial charge in [0.25, 0.3) is 0 Å². The summed E-state index contributed by atoms with van der Waals surface area (Å²) in [6.07, 6.45) is 10.3. The van der Waals surface area contributed by atoms with E-state index in [1.165, 1.54) is 12.3 Å². The molecule has 1 heterocycles. The number of hydrogen-bond acceptors (Lipinski definition) is 6. The molecule has 1 aromatic rings. The molecule has 0 bridgehead atoms. The Labute approximate surface area is 175 Å². The van der Waals surface area contributed by atoms with Crippen LogP contribution in [0, 0.1) is 22.7 Å². The molecule has 6 nitrogen and oxygen atoms in total. The monoisotopic (exact) mass is 414 g/mol. The number of hydrogen-bond donors (Lipinski definition) is 3. The van der Waals surface area contributed by atoms with E-state index in [9.17, 15) is 24.9 Å². The normalized spacial score (nSPS) is 49.7. The first-order valence-electron chi connectivity index (χ1n) is 11.1. The summed E-state index contributed by atoms with van der Waals surface area (Å²) in [6, 6.07) is 2.89. The van der Waals surface area contributed by atoms with Gasteiger partial charge in [-0.15, -0.1) is 0 Å². The topological polar surface area (TPSA) is 108 Å². The molecule has 0 aromatic carbocycles. The van der Waals surface area contributed by atoms with Gasteiger partial charge >= 0.3 is 5.63 Å². The Hall–Kier alpha value is -1.76. The van der Waals surface area contributed by atoms with Crippen molar-refractivity contribution >= 4 is 6.29 Å². The average molecular weight is 414 g/mol. The molecule has 7 atom stereocenters. The van der Waals surface area contributed by atoms with E-state index in [1.54, 1.807) is 12.1 Å². The highest BCUT2D eigenvalue weighted by atomic mass is 16.4. The van der Waals surface area contributed by atoms with Gasteiger partial charge in [-0.25, -0.2) is 4.79 Å². The number of allylic oxidation sites excluding steroid dienone is 1. The molecule has 3 N–H and O–H groups in total. The first-order valence-corrected chi connectivity index (χ1v) is 11.1. The van der Waals surface area contributed by atoms with Crippen molar-refractivity contribution in [2.45, 2.75) is 75.1 Å². The van der Waals surface area contributed by atoms with Crippen LogP contribution in [0.25, 0.3) is 0 Å². The molecule has 1 aromatic heterocycles. The van der Waals surface area contributed by atoms with Crippen LogP contribution in [0.15, 0.2) is 39.8 Å². The molecular weight excluding hydrogens is 384 g/mol. The second-order valence-electron chi connectivity index (χ2n) is 10.3. The highest BCUT2D eigenvalue weighted by Crippen LogP contribution is 2.71. The number of aliphatic hydroxyl groups is 3. The molecule has 7 unspecified atom stereocenters. The van der Waals surface area contributed by atoms with Crippen molar-refractivity contribution < 1.29 is 24.5 Å². The van der Waals surface area contributed by atoms with Crippen LogP contribution >= 0.6 is 0 Å². The van der Waals surface area contributed by atoms with Crippen LogP contribution in [0.3, 0.4) is 0 Å². The van der Waals surface area contributed by atoms with Crippen molar-refractivity contribution in [2.75, 3.05) is 0 Å². The minimum absolute atomic E-state index is 0.132. The highest BCUT2D eigenvalue weighted by molar-refractivity contribution is 5.65. The van der Waals surface area contributed by atoms with Crippen molar-refractivity contribution in [2.24, 2.45) is 22.7 Å². The van der Waals surface area contributed by atoms with Gasteiger partial charge in [0.15, 0.2) is 0 Å². The number of carbonyl (C=O) groups is 1. The Balaban J connectivity index is 1.59. The first kappa shape index (κ1) is 20.2. The SMILES string of the molecule is CC12CCC3C(CCC4(O)C=CCCC34C=O)C1(O)CCC2(O)c1ccc(=O)oc1. The summed E-state index contributed by atoms with van der Waals surface area (Å²) in [5.41, 5.74) is -5.34. The summed E-state index contributed by atoms with van der Waals surface area (Å²) < 4.78 is 5.03. The molecule has 3 fully saturated rings. The maximum absolute atomic E-state index is 12.5. The van der Waals surface area contributed by atoms with E-state index >= 15 is 0 Å². The summed E-state index contributed by atoms with van der Waals surface area (Å²) in [5, 5.41) is 35.3. The third-order valence-electron chi connectivity index (χ3n) is 9.60. The van der Waals surface area contributed by atoms with Gasteiger partial charge in [0.05, 0.1) is 16.6 Å². The fourth-order valence-corrected chi connectivity index (χ4v) is 7.81. The zero-order valence-electron chi connectivity index (χ0n) is 17.3. The Morgan fingerprint density at radius 3 is 2.50 bits per heavy atom. The van der Waals surface area contributed by atoms with Crippen LogP contribution in [0.2, 0.25) is 0 Å². The molecule has 3 saturated carbocycles. The zero-order chi connectivity index (χ0) is 21.4. The fraction of sp³-hybridized carbons (Fsp3) is 0.667. The summed E-state index contributed by atoms with van der Waals surface area (Å²) in [4.78, 5) is 23.9. The van der Waals surface area contributed by atoms with Crippen LogP contribution in [0.1, 0.15) is 63.9 Å². The van der Waals surface area contributed by atoms with Crippen molar-refractivity contribution in [3.8, 4) is 0 Å². The Kier molecular flexibility index (Phi) is 4.13. The minimum Gasteiger partial charge on any atom is -0.431 e. The molecule has 4 aliphatic rings. The van der Waals surface area contributed by atoms with Crippen LogP contribution in [-0.2, 0) is 10.4 Å². The molecule has 0 aliphatic heterocycles. The number of carbonyl (C=O) groups excluding carboxylic acids is 1. The first-order chi connectivity index (χ1) is 14.2. The van der Waals surface area contributed by atoms with Gasteiger partial charge < -0.3 is 24.5 Å². The summed E-state index contributed by atoms with van der Waals surface area (Å²) in [5.74, 6) is -0.314. The Morgan fingerprint density at radius 2 is 1.80 bits per heavy atom. The van der Waals surface area contributed by atoms with E-state index in [4.69, 9.17) is 4.42 Å². The maximum atomic E-state index is 12.5. The molecule has 30 heavy (non-hydrogen) atoms. The summed E-state index contributed by atoms with van der Waals surface area (Å²) in [7, 11) is 0. The van der Waals surface area contributed by atoms with E-state index in [-0.39, 0.29) is 11.8 Å². The predicted octanol–water partition coefficient (Wildman–Crippen LogP) is 2.45. The number of rotatable bonds is 2. The molecule has 0 amide bonds. The smallest absolute Gasteiger partial charge is 0.335 e. The van der Waals surface area contributed by atoms with Crippen molar-refractivity contribution in [3.63, 3.8) is 0 Å². The lowest BCUT2D eigenvalue weighted by Crippen LogP contribution is -2.68. The molecule has 162 valence electrons. The van der Waals surface area contributed by atoms with E-state index < -0.39 is 33.3 Å². The number of fused-ring (bicyclic) bond motifs is 5. The van der Waals surface area contributed by atoms with E-state index in [2.05, 4.69) is 0 Å². The summed E-state index contributed by atoms with van der Waals surface area (Å²) in [6.45, 7) is 1.93. The predicted molar refractivity (Wildman–Crippen MR) is 108 cm³/mol. The third kappa shape index (κ3) is 2.15. The molecule has 0 radical (unpaired) electrons. The largest absolute Gasteiger partial charge is 0.431 e. The Morgan fingerprint density at radius 1 is 1.03 bits per heavy atom. The lowest BCUT2D eigenvalue weighted by atomic mass is 9.42. The molecular formula is C24H30O6. The maximum Gasteiger partial charge on any atom is 0.335 e. The zero-order valence-corrected chi connectivity index (χ0v) is 17.3. The third-order valence-corrected chi connectivity index (χ3v) is 9.60. The van der Waals surface area contributed by atoms with Gasteiger partial charge in [-0.1, -0.05) is 19.1 Å². The number of aldehydes is 1. The summed E-state index contributed by atoms with van der Waals surface area (Å²) >= 11 is 0. The standard InChI is InChI=1S/C24H30O6/c1-20-10-6-17-18(7-11-22(27)9-3-2-8-21(17,22)15-25)24(20,29)13-12-23(20,28)16-4-5-19(26)30-14-16/h3-5,9,14-15,17-18,27-29H,2,6-8,10-13H2,1H3. The van der Waals surface area contributed by atoms with Crippen molar-refractivity contribution in [1.29, 1.82) is 0 Å². The molecule has 0 saturated heterocycles. The van der Waals surface area contributed by atoms with Gasteiger partial charge in [0.2, 0.25) is 0 Å². The van der Waals surface area contributed by atoms with Gasteiger partial charge in [-0.3, -0.25) is 0 Å². The van der Waals surface area contributed by atoms with Crippen molar-refractivity contribution in [1.82, 2.24) is 0 Å². The minimum atomic E-state index is -1.32. The van der Waals surface area contributed by atoms with Crippen LogP contribution < -0.4 is 5.63 Å². The highest BCUT2D eigenvalue weighted by Gasteiger charge is 2.74. The van der Waals surface area contributed by atoms with Crippen LogP contribution in [-0.4, -0.2) is 32.8 Å². The van der Waals surface area contributed by atoms with E-state index in [0.29, 0.717) is 50.5 Å². The van der Waals surface area contributed by atoms with Gasteiger partial charge in [0.1, 0.15) is 18.2 Å². The lowest BCUT2D eigenvalue weighted by molar-refractivity contribution is -0.247. The van der Waals surface area contributed by atoms with Crippen LogP contribution in [0.5, 0.6) is 0 Å². The quantitative estimate of drug-likeness (QED) is 0.507. The van der Waals surface area contributed by atoms with Crippen LogP contribution in [0.4, 0.5) is 0 Å². The molecule has 5 rings (SSSR count). The second-order valence-corrected chi connectivity index (χ2v) is 10.3. The average Bonchev–Trinajstić information content (AvgIpc) is 2.96. The molecule has 6 heteroatoms. The Bertz CT molecular complexity index is 948. The van der Waals surface area contributed by atoms with Gasteiger partial charge in [-0.2, -0.15) is 0 Å². The van der Waals surface area contributed by atoms with Crippen molar-refractivity contribution in [3.05, 3.63) is 46.5 Å². The molecule has 4 aliphatic carbocycles. The fourth-order valence-electron chi connectivity index (χ4n) is 7.81. The second kappa shape index (κ2) is 6.15. The lowest BCUT2D eigenvalue weighted by Gasteiger charge is -2.64.